The molecule has 1 aliphatic heterocycles. The highest BCUT2D eigenvalue weighted by Gasteiger charge is 2.31. The maximum atomic E-state index is 12.5. The van der Waals surface area contributed by atoms with Gasteiger partial charge in [0.25, 0.3) is 0 Å². The maximum absolute atomic E-state index is 12.5. The average molecular weight is 303 g/mol. The number of piperidine rings is 1. The van der Waals surface area contributed by atoms with Crippen molar-refractivity contribution in [1.82, 2.24) is 10.6 Å². The van der Waals surface area contributed by atoms with Crippen LogP contribution in [0.4, 0.5) is 23.7 Å². The molecule has 1 aromatic rings. The van der Waals surface area contributed by atoms with Crippen LogP contribution >= 0.6 is 0 Å². The predicted octanol–water partition coefficient (Wildman–Crippen LogP) is 2.13. The van der Waals surface area contributed by atoms with Crippen molar-refractivity contribution in [2.45, 2.75) is 25.1 Å². The van der Waals surface area contributed by atoms with Gasteiger partial charge in [-0.2, -0.15) is 13.2 Å². The SMILES string of the molecule is Nc1cc(C(F)(F)F)ccc1OC(=O)N[C@H]1CCCNC1. The number of halogens is 3. The average Bonchev–Trinajstić information content (AvgIpc) is 2.41. The second kappa shape index (κ2) is 6.21. The van der Waals surface area contributed by atoms with E-state index in [2.05, 4.69) is 10.6 Å². The summed E-state index contributed by atoms with van der Waals surface area (Å²) in [6.07, 6.45) is -3.45. The summed E-state index contributed by atoms with van der Waals surface area (Å²) in [5.74, 6) is -0.0933. The number of benzene rings is 1. The largest absolute Gasteiger partial charge is 0.416 e. The van der Waals surface area contributed by atoms with Crippen molar-refractivity contribution in [3.63, 3.8) is 0 Å². The molecule has 116 valence electrons. The van der Waals surface area contributed by atoms with Crippen molar-refractivity contribution in [2.75, 3.05) is 18.8 Å². The van der Waals surface area contributed by atoms with Crippen LogP contribution in [0.2, 0.25) is 0 Å². The molecule has 1 aliphatic rings. The topological polar surface area (TPSA) is 76.4 Å². The highest BCUT2D eigenvalue weighted by atomic mass is 19.4. The molecule has 4 N–H and O–H groups in total. The molecule has 21 heavy (non-hydrogen) atoms. The predicted molar refractivity (Wildman–Crippen MR) is 70.9 cm³/mol. The van der Waals surface area contributed by atoms with Gasteiger partial charge in [-0.25, -0.2) is 4.79 Å². The van der Waals surface area contributed by atoms with E-state index < -0.39 is 17.8 Å². The lowest BCUT2D eigenvalue weighted by atomic mass is 10.1. The number of carbonyl (C=O) groups is 1. The fraction of sp³-hybridized carbons (Fsp3) is 0.462. The van der Waals surface area contributed by atoms with Gasteiger partial charge in [0.2, 0.25) is 0 Å². The van der Waals surface area contributed by atoms with E-state index in [1.54, 1.807) is 0 Å². The van der Waals surface area contributed by atoms with Crippen LogP contribution in [-0.2, 0) is 6.18 Å². The van der Waals surface area contributed by atoms with Crippen LogP contribution in [-0.4, -0.2) is 25.2 Å². The Bertz CT molecular complexity index is 514. The molecule has 0 radical (unpaired) electrons. The zero-order valence-corrected chi connectivity index (χ0v) is 11.2. The zero-order valence-electron chi connectivity index (χ0n) is 11.2. The van der Waals surface area contributed by atoms with Crippen LogP contribution < -0.4 is 21.1 Å². The van der Waals surface area contributed by atoms with Crippen LogP contribution in [0.25, 0.3) is 0 Å². The van der Waals surface area contributed by atoms with E-state index in [4.69, 9.17) is 10.5 Å². The van der Waals surface area contributed by atoms with E-state index in [9.17, 15) is 18.0 Å². The van der Waals surface area contributed by atoms with Crippen molar-refractivity contribution in [3.05, 3.63) is 23.8 Å². The molecule has 1 fully saturated rings. The fourth-order valence-electron chi connectivity index (χ4n) is 2.09. The number of nitrogen functional groups attached to an aromatic ring is 1. The van der Waals surface area contributed by atoms with Crippen molar-refractivity contribution >= 4 is 11.8 Å². The van der Waals surface area contributed by atoms with E-state index in [0.29, 0.717) is 6.54 Å². The lowest BCUT2D eigenvalue weighted by Gasteiger charge is -2.23. The van der Waals surface area contributed by atoms with Gasteiger partial charge in [-0.05, 0) is 37.6 Å². The maximum Gasteiger partial charge on any atom is 0.416 e. The highest BCUT2D eigenvalue weighted by molar-refractivity contribution is 5.73. The van der Waals surface area contributed by atoms with Crippen molar-refractivity contribution in [3.8, 4) is 5.75 Å². The molecule has 0 aromatic heterocycles. The first-order chi connectivity index (χ1) is 9.86. The Labute approximate surface area is 119 Å². The number of alkyl halides is 3. The number of carbonyl (C=O) groups excluding carboxylic acids is 1. The van der Waals surface area contributed by atoms with Crippen LogP contribution in [0, 0.1) is 0 Å². The summed E-state index contributed by atoms with van der Waals surface area (Å²) >= 11 is 0. The van der Waals surface area contributed by atoms with Gasteiger partial charge in [-0.15, -0.1) is 0 Å². The number of nitrogens with one attached hydrogen (secondary N) is 2. The molecule has 0 bridgehead atoms. The third-order valence-electron chi connectivity index (χ3n) is 3.16. The standard InChI is InChI=1S/C13H16F3N3O2/c14-13(15,16)8-3-4-11(10(17)6-8)21-12(20)19-9-2-1-5-18-7-9/h3-4,6,9,18H,1-2,5,7,17H2,(H,19,20)/t9-/m0/s1. The Balaban J connectivity index is 1.97. The van der Waals surface area contributed by atoms with Crippen LogP contribution in [0.15, 0.2) is 18.2 Å². The van der Waals surface area contributed by atoms with Crippen molar-refractivity contribution in [2.24, 2.45) is 0 Å². The Morgan fingerprint density at radius 2 is 2.19 bits per heavy atom. The first-order valence-electron chi connectivity index (χ1n) is 6.52. The number of ether oxygens (including phenoxy) is 1. The number of anilines is 1. The van der Waals surface area contributed by atoms with E-state index in [1.807, 2.05) is 0 Å². The third kappa shape index (κ3) is 4.25. The number of nitrogens with two attached hydrogens (primary N) is 1. The van der Waals surface area contributed by atoms with Gasteiger partial charge in [-0.3, -0.25) is 0 Å². The number of amides is 1. The summed E-state index contributed by atoms with van der Waals surface area (Å²) in [7, 11) is 0. The zero-order chi connectivity index (χ0) is 15.5. The molecule has 0 spiro atoms. The van der Waals surface area contributed by atoms with E-state index >= 15 is 0 Å². The van der Waals surface area contributed by atoms with Gasteiger partial charge < -0.3 is 21.1 Å². The van der Waals surface area contributed by atoms with Gasteiger partial charge >= 0.3 is 12.3 Å². The Morgan fingerprint density at radius 1 is 1.43 bits per heavy atom. The summed E-state index contributed by atoms with van der Waals surface area (Å²) < 4.78 is 42.4. The van der Waals surface area contributed by atoms with Gasteiger partial charge in [0.15, 0.2) is 5.75 Å². The first kappa shape index (κ1) is 15.4. The fourth-order valence-corrected chi connectivity index (χ4v) is 2.09. The molecule has 0 unspecified atom stereocenters. The van der Waals surface area contributed by atoms with Crippen LogP contribution in [0.5, 0.6) is 5.75 Å². The number of hydrogen-bond acceptors (Lipinski definition) is 4. The highest BCUT2D eigenvalue weighted by Crippen LogP contribution is 2.33. The molecule has 1 amide bonds. The van der Waals surface area contributed by atoms with Crippen LogP contribution in [0.3, 0.4) is 0 Å². The van der Waals surface area contributed by atoms with Gasteiger partial charge in [-0.1, -0.05) is 0 Å². The minimum Gasteiger partial charge on any atom is -0.408 e. The summed E-state index contributed by atoms with van der Waals surface area (Å²) in [5, 5.41) is 5.76. The monoisotopic (exact) mass is 303 g/mol. The first-order valence-corrected chi connectivity index (χ1v) is 6.52. The molecule has 5 nitrogen and oxygen atoms in total. The minimum atomic E-state index is -4.48. The third-order valence-corrected chi connectivity index (χ3v) is 3.16. The summed E-state index contributed by atoms with van der Waals surface area (Å²) in [6, 6.07) is 2.55. The van der Waals surface area contributed by atoms with E-state index in [0.717, 1.165) is 37.6 Å². The summed E-state index contributed by atoms with van der Waals surface area (Å²) in [6.45, 7) is 1.54. The lowest BCUT2D eigenvalue weighted by molar-refractivity contribution is -0.137. The smallest absolute Gasteiger partial charge is 0.408 e. The molecular formula is C13H16F3N3O2. The second-order valence-electron chi connectivity index (χ2n) is 4.83. The minimum absolute atomic E-state index is 0.0538. The number of hydrogen-bond donors (Lipinski definition) is 3. The summed E-state index contributed by atoms with van der Waals surface area (Å²) in [4.78, 5) is 11.7. The second-order valence-corrected chi connectivity index (χ2v) is 4.83. The van der Waals surface area contributed by atoms with E-state index in [-0.39, 0.29) is 17.5 Å². The van der Waals surface area contributed by atoms with E-state index in [1.165, 1.54) is 0 Å². The molecule has 1 atom stereocenters. The Hall–Kier alpha value is -1.96. The molecule has 2 rings (SSSR count). The van der Waals surface area contributed by atoms with Crippen molar-refractivity contribution < 1.29 is 22.7 Å². The Kier molecular flexibility index (Phi) is 4.56. The van der Waals surface area contributed by atoms with Crippen LogP contribution in [0.1, 0.15) is 18.4 Å². The quantitative estimate of drug-likeness (QED) is 0.732. The van der Waals surface area contributed by atoms with Gasteiger partial charge in [0, 0.05) is 12.6 Å². The molecule has 1 aromatic carbocycles. The summed E-state index contributed by atoms with van der Waals surface area (Å²) in [5.41, 5.74) is 4.36. The molecule has 8 heteroatoms. The van der Waals surface area contributed by atoms with Crippen molar-refractivity contribution in [1.29, 1.82) is 0 Å². The lowest BCUT2D eigenvalue weighted by Crippen LogP contribution is -2.46. The molecule has 0 saturated carbocycles. The Morgan fingerprint density at radius 3 is 2.76 bits per heavy atom. The van der Waals surface area contributed by atoms with Gasteiger partial charge in [0.05, 0.1) is 11.3 Å². The molecule has 0 aliphatic carbocycles. The molecule has 1 heterocycles. The number of rotatable bonds is 2. The molecular weight excluding hydrogens is 287 g/mol. The van der Waals surface area contributed by atoms with Gasteiger partial charge in [0.1, 0.15) is 0 Å². The molecule has 1 saturated heterocycles. The normalized spacial score (nSPS) is 19.1.